The summed E-state index contributed by atoms with van der Waals surface area (Å²) in [4.78, 5) is 60.5. The van der Waals surface area contributed by atoms with Crippen LogP contribution >= 0.6 is 0 Å². The average molecular weight is 698 g/mol. The van der Waals surface area contributed by atoms with Gasteiger partial charge in [-0.3, -0.25) is 19.2 Å². The van der Waals surface area contributed by atoms with Crippen molar-refractivity contribution < 1.29 is 33.8 Å². The molecule has 3 aliphatic heterocycles. The van der Waals surface area contributed by atoms with Gasteiger partial charge in [0.1, 0.15) is 17.7 Å². The van der Waals surface area contributed by atoms with Crippen molar-refractivity contribution in [2.45, 2.75) is 107 Å². The van der Waals surface area contributed by atoms with Crippen molar-refractivity contribution in [3.05, 3.63) is 97.1 Å². The molecular weight excluding hydrogens is 646 g/mol. The molecule has 10 heteroatoms. The molecule has 4 aliphatic rings. The van der Waals surface area contributed by atoms with Crippen molar-refractivity contribution in [1.29, 1.82) is 0 Å². The van der Waals surface area contributed by atoms with Gasteiger partial charge in [0, 0.05) is 19.0 Å². The number of esters is 1. The molecule has 2 bridgehead atoms. The Labute approximate surface area is 300 Å². The first-order chi connectivity index (χ1) is 24.7. The summed E-state index contributed by atoms with van der Waals surface area (Å²) in [6, 6.07) is 16.0. The van der Waals surface area contributed by atoms with Crippen LogP contribution in [0.15, 0.2) is 86.0 Å². The fraction of sp³-hybridized carbons (Fsp3) is 0.512. The smallest absolute Gasteiger partial charge is 0.313 e. The standard InChI is InChI=1S/C41H51N3O7/c1-4-6-22-33(46)42-27(3)36(29-18-12-8-13-19-29)50-40(49)34-32-23-24-41(51-32)35(34)38(47)44(31(26-45)28-16-10-7-11-17-28)37(41)39(48)43(25-5-2)30-20-14-9-15-21-30/h4-5,7-8,10-13,16-19,27,30-32,34-37,45H,1-2,6,9,14-15,20-26H2,3H3,(H,42,46)/t27-,31-,32+,34-,35-,36-,37+,41-/m1/s1. The summed E-state index contributed by atoms with van der Waals surface area (Å²) >= 11 is 0. The number of hydrogen-bond donors (Lipinski definition) is 2. The minimum Gasteiger partial charge on any atom is -0.455 e. The van der Waals surface area contributed by atoms with E-state index in [4.69, 9.17) is 9.47 Å². The van der Waals surface area contributed by atoms with Crippen molar-refractivity contribution in [3.8, 4) is 0 Å². The molecule has 2 N–H and O–H groups in total. The molecule has 0 radical (unpaired) electrons. The second kappa shape index (κ2) is 15.9. The molecule has 0 unspecified atom stereocenters. The Bertz CT molecular complexity index is 1580. The average Bonchev–Trinajstić information content (AvgIpc) is 3.80. The number of nitrogens with zero attached hydrogens (tertiary/aromatic N) is 2. The predicted molar refractivity (Wildman–Crippen MR) is 192 cm³/mol. The number of rotatable bonds is 15. The Balaban J connectivity index is 1.36. The molecule has 10 nitrogen and oxygen atoms in total. The molecule has 3 amide bonds. The monoisotopic (exact) mass is 697 g/mol. The number of hydrogen-bond acceptors (Lipinski definition) is 7. The number of amides is 3. The van der Waals surface area contributed by atoms with Gasteiger partial charge < -0.3 is 29.7 Å². The summed E-state index contributed by atoms with van der Waals surface area (Å²) in [5.74, 6) is -3.39. The molecule has 1 saturated carbocycles. The number of ether oxygens (including phenoxy) is 2. The second-order valence-electron chi connectivity index (χ2n) is 14.4. The van der Waals surface area contributed by atoms with E-state index in [9.17, 15) is 19.5 Å². The maximum absolute atomic E-state index is 15.0. The van der Waals surface area contributed by atoms with E-state index >= 15 is 4.79 Å². The Morgan fingerprint density at radius 3 is 2.31 bits per heavy atom. The highest BCUT2D eigenvalue weighted by atomic mass is 16.6. The zero-order valence-electron chi connectivity index (χ0n) is 29.5. The van der Waals surface area contributed by atoms with Gasteiger partial charge in [0.15, 0.2) is 0 Å². The molecule has 1 aliphatic carbocycles. The molecular formula is C41H51N3O7. The topological polar surface area (TPSA) is 125 Å². The number of allylic oxidation sites excluding steroid dienone is 1. The zero-order valence-corrected chi connectivity index (χ0v) is 29.5. The van der Waals surface area contributed by atoms with E-state index in [1.54, 1.807) is 19.1 Å². The summed E-state index contributed by atoms with van der Waals surface area (Å²) in [6.45, 7) is 9.34. The van der Waals surface area contributed by atoms with Crippen molar-refractivity contribution in [2.75, 3.05) is 13.2 Å². The summed E-state index contributed by atoms with van der Waals surface area (Å²) < 4.78 is 13.1. The van der Waals surface area contributed by atoms with Gasteiger partial charge in [0.05, 0.1) is 36.6 Å². The van der Waals surface area contributed by atoms with Crippen LogP contribution in [-0.4, -0.2) is 81.6 Å². The van der Waals surface area contributed by atoms with Crippen LogP contribution in [-0.2, 0) is 28.7 Å². The van der Waals surface area contributed by atoms with Crippen LogP contribution in [0.2, 0.25) is 0 Å². The fourth-order valence-corrected chi connectivity index (χ4v) is 9.05. The minimum absolute atomic E-state index is 0.00451. The van der Waals surface area contributed by atoms with E-state index < -0.39 is 66.3 Å². The number of likely N-dealkylation sites (tertiary alicyclic amines) is 1. The summed E-state index contributed by atoms with van der Waals surface area (Å²) in [6.07, 6.45) is 8.46. The van der Waals surface area contributed by atoms with Crippen molar-refractivity contribution >= 4 is 23.7 Å². The van der Waals surface area contributed by atoms with Gasteiger partial charge in [-0.15, -0.1) is 13.2 Å². The quantitative estimate of drug-likeness (QED) is 0.194. The van der Waals surface area contributed by atoms with Crippen LogP contribution in [0.25, 0.3) is 0 Å². The van der Waals surface area contributed by atoms with Crippen LogP contribution in [0.3, 0.4) is 0 Å². The lowest BCUT2D eigenvalue weighted by atomic mass is 9.70. The first-order valence-corrected chi connectivity index (χ1v) is 18.5. The van der Waals surface area contributed by atoms with Crippen LogP contribution in [0.4, 0.5) is 0 Å². The Morgan fingerprint density at radius 1 is 1.02 bits per heavy atom. The van der Waals surface area contributed by atoms with Crippen molar-refractivity contribution in [3.63, 3.8) is 0 Å². The van der Waals surface area contributed by atoms with E-state index in [0.29, 0.717) is 36.9 Å². The Kier molecular flexibility index (Phi) is 11.4. The molecule has 3 heterocycles. The van der Waals surface area contributed by atoms with Gasteiger partial charge in [0.25, 0.3) is 0 Å². The number of fused-ring (bicyclic) bond motifs is 1. The lowest BCUT2D eigenvalue weighted by Gasteiger charge is -2.42. The number of carbonyl (C=O) groups excluding carboxylic acids is 4. The number of nitrogens with one attached hydrogen (secondary N) is 1. The van der Waals surface area contributed by atoms with E-state index in [1.165, 1.54) is 4.90 Å². The highest BCUT2D eigenvalue weighted by Crippen LogP contribution is 2.60. The number of aliphatic hydroxyl groups is 1. The van der Waals surface area contributed by atoms with Crippen molar-refractivity contribution in [1.82, 2.24) is 15.1 Å². The van der Waals surface area contributed by atoms with E-state index in [1.807, 2.05) is 65.6 Å². The highest BCUT2D eigenvalue weighted by molar-refractivity contribution is 5.98. The lowest BCUT2D eigenvalue weighted by Crippen LogP contribution is -2.59. The summed E-state index contributed by atoms with van der Waals surface area (Å²) in [5, 5.41) is 13.8. The molecule has 2 aromatic rings. The van der Waals surface area contributed by atoms with E-state index in [0.717, 1.165) is 32.1 Å². The largest absolute Gasteiger partial charge is 0.455 e. The number of carbonyl (C=O) groups is 4. The molecule has 272 valence electrons. The molecule has 3 saturated heterocycles. The number of aliphatic hydroxyl groups excluding tert-OH is 1. The van der Waals surface area contributed by atoms with E-state index in [-0.39, 0.29) is 24.3 Å². The van der Waals surface area contributed by atoms with Crippen LogP contribution in [0.5, 0.6) is 0 Å². The predicted octanol–water partition coefficient (Wildman–Crippen LogP) is 5.20. The summed E-state index contributed by atoms with van der Waals surface area (Å²) in [5.41, 5.74) is 0.117. The second-order valence-corrected chi connectivity index (χ2v) is 14.4. The molecule has 8 atom stereocenters. The molecule has 2 aromatic carbocycles. The maximum atomic E-state index is 15.0. The highest BCUT2D eigenvalue weighted by Gasteiger charge is 2.76. The van der Waals surface area contributed by atoms with Crippen LogP contribution in [0, 0.1) is 11.8 Å². The van der Waals surface area contributed by atoms with Crippen LogP contribution in [0.1, 0.15) is 88.0 Å². The third kappa shape index (κ3) is 7.00. The normalized spacial score (nSPS) is 27.3. The third-order valence-corrected chi connectivity index (χ3v) is 11.4. The SMILES string of the molecule is C=CCCC(=O)N[C@H](C)[C@@H](OC(=O)[C@@H]1[C@@H]2CC[C@]3(O2)[C@H](C(=O)N(CC=C)C2CCCCC2)N([C@H](CO)c2ccccc2)C(=O)[C@@H]13)c1ccccc1. The van der Waals surface area contributed by atoms with Crippen LogP contribution < -0.4 is 5.32 Å². The lowest BCUT2D eigenvalue weighted by molar-refractivity contribution is -0.163. The first-order valence-electron chi connectivity index (χ1n) is 18.5. The molecule has 4 fully saturated rings. The van der Waals surface area contributed by atoms with Gasteiger partial charge in [0.2, 0.25) is 17.7 Å². The molecule has 51 heavy (non-hydrogen) atoms. The summed E-state index contributed by atoms with van der Waals surface area (Å²) in [7, 11) is 0. The zero-order chi connectivity index (χ0) is 36.1. The van der Waals surface area contributed by atoms with Gasteiger partial charge in [-0.25, -0.2) is 0 Å². The minimum atomic E-state index is -1.27. The van der Waals surface area contributed by atoms with Gasteiger partial charge >= 0.3 is 5.97 Å². The Morgan fingerprint density at radius 2 is 1.69 bits per heavy atom. The van der Waals surface area contributed by atoms with Crippen molar-refractivity contribution in [2.24, 2.45) is 11.8 Å². The third-order valence-electron chi connectivity index (χ3n) is 11.4. The number of benzene rings is 2. The fourth-order valence-electron chi connectivity index (χ4n) is 9.05. The molecule has 1 spiro atoms. The van der Waals surface area contributed by atoms with Gasteiger partial charge in [-0.1, -0.05) is 92.1 Å². The van der Waals surface area contributed by atoms with Gasteiger partial charge in [-0.2, -0.15) is 0 Å². The molecule has 6 rings (SSSR count). The van der Waals surface area contributed by atoms with E-state index in [2.05, 4.69) is 18.5 Å². The first kappa shape index (κ1) is 36.5. The Hall–Kier alpha value is -4.28. The maximum Gasteiger partial charge on any atom is 0.313 e. The molecule has 0 aromatic heterocycles. The van der Waals surface area contributed by atoms with Gasteiger partial charge in [-0.05, 0) is 50.2 Å².